The first-order valence-electron chi connectivity index (χ1n) is 7.18. The van der Waals surface area contributed by atoms with Crippen molar-refractivity contribution in [3.63, 3.8) is 0 Å². The van der Waals surface area contributed by atoms with E-state index in [0.29, 0.717) is 32.2 Å². The molecule has 0 aromatic heterocycles. The number of hydrogen-bond acceptors (Lipinski definition) is 3. The van der Waals surface area contributed by atoms with Crippen molar-refractivity contribution < 1.29 is 9.53 Å². The minimum atomic E-state index is 0.0277. The molecule has 0 saturated carbocycles. The lowest BCUT2D eigenvalue weighted by atomic mass is 10.0. The maximum absolute atomic E-state index is 11.5. The van der Waals surface area contributed by atoms with Gasteiger partial charge in [-0.15, -0.1) is 0 Å². The molecule has 0 unspecified atom stereocenters. The summed E-state index contributed by atoms with van der Waals surface area (Å²) >= 11 is 0. The van der Waals surface area contributed by atoms with Gasteiger partial charge in [-0.2, -0.15) is 0 Å². The molecular formula is C16H26N2O2. The van der Waals surface area contributed by atoms with Gasteiger partial charge in [0.05, 0.1) is 6.54 Å². The van der Waals surface area contributed by atoms with E-state index in [-0.39, 0.29) is 5.91 Å². The number of ether oxygens (including phenoxy) is 1. The molecule has 1 amide bonds. The Bertz CT molecular complexity index is 388. The number of amides is 1. The van der Waals surface area contributed by atoms with Crippen molar-refractivity contribution in [3.05, 3.63) is 35.4 Å². The number of carbonyl (C=O) groups is 1. The van der Waals surface area contributed by atoms with E-state index >= 15 is 0 Å². The molecule has 112 valence electrons. The molecule has 0 heterocycles. The zero-order valence-electron chi connectivity index (χ0n) is 12.7. The van der Waals surface area contributed by atoms with E-state index in [0.717, 1.165) is 6.42 Å². The third-order valence-electron chi connectivity index (χ3n) is 3.11. The molecule has 0 aliphatic carbocycles. The lowest BCUT2D eigenvalue weighted by Crippen LogP contribution is -2.34. The minimum absolute atomic E-state index is 0.0277. The Morgan fingerprint density at radius 1 is 1.25 bits per heavy atom. The highest BCUT2D eigenvalue weighted by molar-refractivity contribution is 5.77. The Labute approximate surface area is 121 Å². The van der Waals surface area contributed by atoms with Crippen molar-refractivity contribution in [2.24, 2.45) is 0 Å². The van der Waals surface area contributed by atoms with E-state index in [1.54, 1.807) is 7.11 Å². The van der Waals surface area contributed by atoms with Gasteiger partial charge >= 0.3 is 0 Å². The number of nitrogens with one attached hydrogen (secondary N) is 2. The predicted octanol–water partition coefficient (Wildman–Crippen LogP) is 2.05. The van der Waals surface area contributed by atoms with Gasteiger partial charge in [-0.1, -0.05) is 38.1 Å². The molecule has 0 aliphatic heterocycles. The van der Waals surface area contributed by atoms with Gasteiger partial charge in [0, 0.05) is 26.8 Å². The standard InChI is InChI=1S/C16H26N2O2/c1-13(2)15-7-5-14(6-8-15)11-17-12-16(19)18-9-4-10-20-3/h5-8,13,17H,4,9-12H2,1-3H3,(H,18,19). The molecule has 0 aliphatic rings. The normalized spacial score (nSPS) is 10.8. The molecule has 1 aromatic carbocycles. The third kappa shape index (κ3) is 6.68. The van der Waals surface area contributed by atoms with Crippen LogP contribution in [0.2, 0.25) is 0 Å². The summed E-state index contributed by atoms with van der Waals surface area (Å²) in [6, 6.07) is 8.51. The summed E-state index contributed by atoms with van der Waals surface area (Å²) in [6.07, 6.45) is 0.846. The first-order chi connectivity index (χ1) is 9.63. The van der Waals surface area contributed by atoms with Crippen molar-refractivity contribution in [3.8, 4) is 0 Å². The van der Waals surface area contributed by atoms with Gasteiger partial charge in [0.25, 0.3) is 0 Å². The molecule has 0 saturated heterocycles. The fourth-order valence-corrected chi connectivity index (χ4v) is 1.85. The Morgan fingerprint density at radius 3 is 2.55 bits per heavy atom. The molecule has 0 atom stereocenters. The molecule has 0 radical (unpaired) electrons. The highest BCUT2D eigenvalue weighted by Crippen LogP contribution is 2.14. The molecule has 0 spiro atoms. The van der Waals surface area contributed by atoms with Crippen LogP contribution in [0.25, 0.3) is 0 Å². The maximum Gasteiger partial charge on any atom is 0.233 e. The van der Waals surface area contributed by atoms with E-state index in [4.69, 9.17) is 4.74 Å². The fraction of sp³-hybridized carbons (Fsp3) is 0.562. The van der Waals surface area contributed by atoms with Gasteiger partial charge in [-0.05, 0) is 23.5 Å². The molecule has 1 aromatic rings. The largest absolute Gasteiger partial charge is 0.385 e. The van der Waals surface area contributed by atoms with Crippen LogP contribution in [-0.2, 0) is 16.1 Å². The maximum atomic E-state index is 11.5. The average Bonchev–Trinajstić information content (AvgIpc) is 2.44. The molecule has 0 bridgehead atoms. The SMILES string of the molecule is COCCCNC(=O)CNCc1ccc(C(C)C)cc1. The van der Waals surface area contributed by atoms with Crippen LogP contribution in [0, 0.1) is 0 Å². The van der Waals surface area contributed by atoms with Crippen LogP contribution in [0.5, 0.6) is 0 Å². The summed E-state index contributed by atoms with van der Waals surface area (Å²) < 4.78 is 4.92. The van der Waals surface area contributed by atoms with Crippen LogP contribution < -0.4 is 10.6 Å². The van der Waals surface area contributed by atoms with Crippen LogP contribution in [0.15, 0.2) is 24.3 Å². The van der Waals surface area contributed by atoms with Crippen LogP contribution in [-0.4, -0.2) is 32.7 Å². The highest BCUT2D eigenvalue weighted by Gasteiger charge is 2.01. The van der Waals surface area contributed by atoms with Gasteiger partial charge < -0.3 is 15.4 Å². The monoisotopic (exact) mass is 278 g/mol. The second kappa shape index (κ2) is 9.50. The number of methoxy groups -OCH3 is 1. The van der Waals surface area contributed by atoms with E-state index in [1.165, 1.54) is 11.1 Å². The van der Waals surface area contributed by atoms with Crippen LogP contribution in [0.4, 0.5) is 0 Å². The smallest absolute Gasteiger partial charge is 0.233 e. The molecule has 4 nitrogen and oxygen atoms in total. The molecule has 0 fully saturated rings. The molecule has 4 heteroatoms. The Hall–Kier alpha value is -1.39. The summed E-state index contributed by atoms with van der Waals surface area (Å²) in [5, 5.41) is 5.99. The quantitative estimate of drug-likeness (QED) is 0.680. The van der Waals surface area contributed by atoms with Crippen LogP contribution in [0.1, 0.15) is 37.3 Å². The Balaban J connectivity index is 2.18. The van der Waals surface area contributed by atoms with E-state index in [2.05, 4.69) is 48.7 Å². The number of carbonyl (C=O) groups excluding carboxylic acids is 1. The predicted molar refractivity (Wildman–Crippen MR) is 81.7 cm³/mol. The lowest BCUT2D eigenvalue weighted by Gasteiger charge is -2.08. The van der Waals surface area contributed by atoms with Gasteiger partial charge in [0.2, 0.25) is 5.91 Å². The zero-order chi connectivity index (χ0) is 14.8. The average molecular weight is 278 g/mol. The topological polar surface area (TPSA) is 50.4 Å². The van der Waals surface area contributed by atoms with Gasteiger partial charge in [0.15, 0.2) is 0 Å². The van der Waals surface area contributed by atoms with Gasteiger partial charge in [-0.3, -0.25) is 4.79 Å². The van der Waals surface area contributed by atoms with Crippen molar-refractivity contribution in [2.45, 2.75) is 32.7 Å². The summed E-state index contributed by atoms with van der Waals surface area (Å²) in [5.41, 5.74) is 2.53. The number of rotatable bonds is 9. The zero-order valence-corrected chi connectivity index (χ0v) is 12.7. The highest BCUT2D eigenvalue weighted by atomic mass is 16.5. The summed E-state index contributed by atoms with van der Waals surface area (Å²) in [7, 11) is 1.66. The van der Waals surface area contributed by atoms with Crippen LogP contribution in [0.3, 0.4) is 0 Å². The molecular weight excluding hydrogens is 252 g/mol. The van der Waals surface area contributed by atoms with Crippen molar-refractivity contribution in [1.82, 2.24) is 10.6 Å². The Morgan fingerprint density at radius 2 is 1.95 bits per heavy atom. The van der Waals surface area contributed by atoms with Crippen molar-refractivity contribution in [2.75, 3.05) is 26.8 Å². The van der Waals surface area contributed by atoms with E-state index in [9.17, 15) is 4.79 Å². The third-order valence-corrected chi connectivity index (χ3v) is 3.11. The molecule has 20 heavy (non-hydrogen) atoms. The minimum Gasteiger partial charge on any atom is -0.385 e. The summed E-state index contributed by atoms with van der Waals surface area (Å²) in [4.78, 5) is 11.5. The fourth-order valence-electron chi connectivity index (χ4n) is 1.85. The Kier molecular flexibility index (Phi) is 7.92. The second-order valence-corrected chi connectivity index (χ2v) is 5.20. The molecule has 1 rings (SSSR count). The first kappa shape index (κ1) is 16.7. The van der Waals surface area contributed by atoms with Crippen molar-refractivity contribution in [1.29, 1.82) is 0 Å². The van der Waals surface area contributed by atoms with E-state index < -0.39 is 0 Å². The summed E-state index contributed by atoms with van der Waals surface area (Å²) in [6.45, 7) is 6.76. The van der Waals surface area contributed by atoms with Crippen molar-refractivity contribution >= 4 is 5.91 Å². The number of benzene rings is 1. The number of hydrogen-bond donors (Lipinski definition) is 2. The van der Waals surface area contributed by atoms with Gasteiger partial charge in [0.1, 0.15) is 0 Å². The second-order valence-electron chi connectivity index (χ2n) is 5.20. The van der Waals surface area contributed by atoms with E-state index in [1.807, 2.05) is 0 Å². The first-order valence-corrected chi connectivity index (χ1v) is 7.18. The lowest BCUT2D eigenvalue weighted by molar-refractivity contribution is -0.120. The molecule has 2 N–H and O–H groups in total. The summed E-state index contributed by atoms with van der Waals surface area (Å²) in [5.74, 6) is 0.579. The van der Waals surface area contributed by atoms with Crippen LogP contribution >= 0.6 is 0 Å². The van der Waals surface area contributed by atoms with Gasteiger partial charge in [-0.25, -0.2) is 0 Å².